The lowest BCUT2D eigenvalue weighted by Gasteiger charge is -2.05. The Labute approximate surface area is 78.3 Å². The van der Waals surface area contributed by atoms with Crippen molar-refractivity contribution in [3.63, 3.8) is 0 Å². The number of hydrogen-bond acceptors (Lipinski definition) is 5. The summed E-state index contributed by atoms with van der Waals surface area (Å²) in [6.07, 6.45) is 1.56. The SMILES string of the molecule is CCCCOC[C@@H]1COS(=O)(=O)O1. The zero-order chi connectivity index (χ0) is 9.73. The van der Waals surface area contributed by atoms with Crippen molar-refractivity contribution >= 4 is 10.4 Å². The monoisotopic (exact) mass is 210 g/mol. The second-order valence-corrected chi connectivity index (χ2v) is 4.08. The summed E-state index contributed by atoms with van der Waals surface area (Å²) >= 11 is 0. The first kappa shape index (κ1) is 10.9. The fourth-order valence-corrected chi connectivity index (χ4v) is 1.74. The zero-order valence-electron chi connectivity index (χ0n) is 7.56. The zero-order valence-corrected chi connectivity index (χ0v) is 8.38. The van der Waals surface area contributed by atoms with E-state index < -0.39 is 16.5 Å². The van der Waals surface area contributed by atoms with Gasteiger partial charge in [-0.3, -0.25) is 0 Å². The van der Waals surface area contributed by atoms with Crippen LogP contribution in [0.25, 0.3) is 0 Å². The van der Waals surface area contributed by atoms with Gasteiger partial charge in [0, 0.05) is 6.61 Å². The molecule has 0 N–H and O–H groups in total. The Morgan fingerprint density at radius 2 is 2.31 bits per heavy atom. The molecule has 1 fully saturated rings. The number of hydrogen-bond donors (Lipinski definition) is 0. The van der Waals surface area contributed by atoms with E-state index >= 15 is 0 Å². The molecule has 0 aromatic carbocycles. The van der Waals surface area contributed by atoms with Gasteiger partial charge >= 0.3 is 10.4 Å². The predicted octanol–water partition coefficient (Wildman–Crippen LogP) is 0.463. The molecular weight excluding hydrogens is 196 g/mol. The first-order valence-corrected chi connectivity index (χ1v) is 5.63. The maximum atomic E-state index is 10.6. The Morgan fingerprint density at radius 1 is 1.54 bits per heavy atom. The van der Waals surface area contributed by atoms with E-state index in [-0.39, 0.29) is 13.2 Å². The van der Waals surface area contributed by atoms with E-state index in [0.717, 1.165) is 12.8 Å². The Morgan fingerprint density at radius 3 is 2.85 bits per heavy atom. The Hall–Kier alpha value is -0.170. The van der Waals surface area contributed by atoms with Crippen LogP contribution in [0, 0.1) is 0 Å². The Balaban J connectivity index is 2.11. The van der Waals surface area contributed by atoms with E-state index in [0.29, 0.717) is 6.61 Å². The van der Waals surface area contributed by atoms with Gasteiger partial charge in [0.25, 0.3) is 0 Å². The minimum Gasteiger partial charge on any atom is -0.379 e. The van der Waals surface area contributed by atoms with Gasteiger partial charge in [-0.15, -0.1) is 0 Å². The van der Waals surface area contributed by atoms with Crippen molar-refractivity contribution in [3.05, 3.63) is 0 Å². The van der Waals surface area contributed by atoms with Crippen LogP contribution in [0.4, 0.5) is 0 Å². The molecule has 5 nitrogen and oxygen atoms in total. The third-order valence-electron chi connectivity index (χ3n) is 1.60. The molecule has 1 atom stereocenters. The summed E-state index contributed by atoms with van der Waals surface area (Å²) in [5, 5.41) is 0. The van der Waals surface area contributed by atoms with Crippen molar-refractivity contribution in [1.82, 2.24) is 0 Å². The maximum Gasteiger partial charge on any atom is 0.400 e. The molecule has 0 unspecified atom stereocenters. The highest BCUT2D eigenvalue weighted by Crippen LogP contribution is 2.12. The van der Waals surface area contributed by atoms with Gasteiger partial charge in [0.2, 0.25) is 0 Å². The maximum absolute atomic E-state index is 10.6. The molecule has 0 amide bonds. The Kier molecular flexibility index (Phi) is 4.11. The molecule has 78 valence electrons. The van der Waals surface area contributed by atoms with Crippen LogP contribution in [-0.2, 0) is 23.5 Å². The van der Waals surface area contributed by atoms with Crippen LogP contribution in [0.3, 0.4) is 0 Å². The van der Waals surface area contributed by atoms with Gasteiger partial charge < -0.3 is 4.74 Å². The molecule has 0 aromatic heterocycles. The highest BCUT2D eigenvalue weighted by atomic mass is 32.3. The highest BCUT2D eigenvalue weighted by Gasteiger charge is 2.29. The number of rotatable bonds is 5. The predicted molar refractivity (Wildman–Crippen MR) is 45.5 cm³/mol. The first-order chi connectivity index (χ1) is 6.14. The van der Waals surface area contributed by atoms with Crippen LogP contribution in [0.15, 0.2) is 0 Å². The summed E-state index contributed by atoms with van der Waals surface area (Å²) in [6.45, 7) is 3.03. The number of ether oxygens (including phenoxy) is 1. The summed E-state index contributed by atoms with van der Waals surface area (Å²) in [5.74, 6) is 0. The topological polar surface area (TPSA) is 61.8 Å². The molecule has 6 heteroatoms. The standard InChI is InChI=1S/C7H14O5S/c1-2-3-4-10-5-7-6-11-13(8,9)12-7/h7H,2-6H2,1H3/t7-/m1/s1. The van der Waals surface area contributed by atoms with Crippen LogP contribution in [-0.4, -0.2) is 34.3 Å². The van der Waals surface area contributed by atoms with E-state index in [1.807, 2.05) is 0 Å². The average molecular weight is 210 g/mol. The van der Waals surface area contributed by atoms with Crippen LogP contribution in [0.1, 0.15) is 19.8 Å². The fraction of sp³-hybridized carbons (Fsp3) is 1.00. The molecule has 0 radical (unpaired) electrons. The lowest BCUT2D eigenvalue weighted by Crippen LogP contribution is -2.18. The molecule has 0 aliphatic carbocycles. The van der Waals surface area contributed by atoms with Crippen LogP contribution >= 0.6 is 0 Å². The quantitative estimate of drug-likeness (QED) is 0.617. The minimum atomic E-state index is -3.72. The van der Waals surface area contributed by atoms with Crippen LogP contribution < -0.4 is 0 Å². The van der Waals surface area contributed by atoms with E-state index in [1.54, 1.807) is 0 Å². The molecule has 0 bridgehead atoms. The van der Waals surface area contributed by atoms with Crippen molar-refractivity contribution < 1.29 is 21.5 Å². The fourth-order valence-electron chi connectivity index (χ4n) is 0.919. The molecule has 0 spiro atoms. The average Bonchev–Trinajstić information content (AvgIpc) is 2.40. The van der Waals surface area contributed by atoms with Crippen molar-refractivity contribution in [2.75, 3.05) is 19.8 Å². The normalized spacial score (nSPS) is 26.4. The molecule has 1 aliphatic heterocycles. The largest absolute Gasteiger partial charge is 0.400 e. The second-order valence-electron chi connectivity index (χ2n) is 2.84. The van der Waals surface area contributed by atoms with E-state index in [9.17, 15) is 8.42 Å². The summed E-state index contributed by atoms with van der Waals surface area (Å²) in [4.78, 5) is 0. The molecule has 1 rings (SSSR count). The van der Waals surface area contributed by atoms with Gasteiger partial charge in [-0.1, -0.05) is 13.3 Å². The highest BCUT2D eigenvalue weighted by molar-refractivity contribution is 7.82. The summed E-state index contributed by atoms with van der Waals surface area (Å²) in [5.41, 5.74) is 0. The van der Waals surface area contributed by atoms with E-state index in [1.165, 1.54) is 0 Å². The van der Waals surface area contributed by atoms with Crippen LogP contribution in [0.2, 0.25) is 0 Å². The third-order valence-corrected chi connectivity index (χ3v) is 2.53. The van der Waals surface area contributed by atoms with Gasteiger partial charge in [0.1, 0.15) is 6.10 Å². The van der Waals surface area contributed by atoms with E-state index in [4.69, 9.17) is 4.74 Å². The van der Waals surface area contributed by atoms with Crippen molar-refractivity contribution in [2.24, 2.45) is 0 Å². The minimum absolute atomic E-state index is 0.0639. The van der Waals surface area contributed by atoms with E-state index in [2.05, 4.69) is 15.3 Å². The molecule has 1 heterocycles. The van der Waals surface area contributed by atoms with Gasteiger partial charge in [-0.25, -0.2) is 8.37 Å². The van der Waals surface area contributed by atoms with Gasteiger partial charge in [0.05, 0.1) is 13.2 Å². The van der Waals surface area contributed by atoms with Crippen molar-refractivity contribution in [3.8, 4) is 0 Å². The third kappa shape index (κ3) is 4.04. The molecule has 1 aliphatic rings. The number of unbranched alkanes of at least 4 members (excludes halogenated alkanes) is 1. The first-order valence-electron chi connectivity index (χ1n) is 4.29. The van der Waals surface area contributed by atoms with Gasteiger partial charge in [0.15, 0.2) is 0 Å². The van der Waals surface area contributed by atoms with Crippen molar-refractivity contribution in [2.45, 2.75) is 25.9 Å². The molecule has 13 heavy (non-hydrogen) atoms. The molecule has 0 saturated carbocycles. The lowest BCUT2D eigenvalue weighted by molar-refractivity contribution is 0.0591. The lowest BCUT2D eigenvalue weighted by atomic mass is 10.3. The van der Waals surface area contributed by atoms with Gasteiger partial charge in [-0.05, 0) is 6.42 Å². The smallest absolute Gasteiger partial charge is 0.379 e. The second kappa shape index (κ2) is 4.90. The molecule has 0 aromatic rings. The van der Waals surface area contributed by atoms with Crippen LogP contribution in [0.5, 0.6) is 0 Å². The molecular formula is C7H14O5S. The summed E-state index contributed by atoms with van der Waals surface area (Å²) in [6, 6.07) is 0. The molecule has 1 saturated heterocycles. The Bertz CT molecular complexity index is 235. The summed E-state index contributed by atoms with van der Waals surface area (Å²) in [7, 11) is -3.72. The summed E-state index contributed by atoms with van der Waals surface area (Å²) < 4.78 is 35.4. The van der Waals surface area contributed by atoms with Gasteiger partial charge in [-0.2, -0.15) is 8.42 Å². The van der Waals surface area contributed by atoms with Crippen molar-refractivity contribution in [1.29, 1.82) is 0 Å².